The van der Waals surface area contributed by atoms with Gasteiger partial charge in [-0.3, -0.25) is 4.68 Å². The zero-order valence-electron chi connectivity index (χ0n) is 6.16. The third-order valence-corrected chi connectivity index (χ3v) is 1.28. The molecule has 1 rings (SSSR count). The first-order chi connectivity index (χ1) is 4.77. The average Bonchev–Trinajstić information content (AvgIpc) is 2.30. The summed E-state index contributed by atoms with van der Waals surface area (Å²) in [5, 5.41) is 4.01. The quantitative estimate of drug-likeness (QED) is 0.625. The molecule has 4 heteroatoms. The minimum absolute atomic E-state index is 0.469. The zero-order valence-corrected chi connectivity index (χ0v) is 6.16. The Hall–Kier alpha value is -1.03. The molecule has 0 radical (unpaired) electrons. The standard InChI is InChI=1S/C6H11N3O/c1-9-4-5(3-7)6(8-9)10-2/h4H,3,7H2,1-2H3. The van der Waals surface area contributed by atoms with Gasteiger partial charge in [-0.15, -0.1) is 5.10 Å². The summed E-state index contributed by atoms with van der Waals surface area (Å²) in [4.78, 5) is 0. The van der Waals surface area contributed by atoms with Crippen molar-refractivity contribution in [3.63, 3.8) is 0 Å². The van der Waals surface area contributed by atoms with Crippen molar-refractivity contribution in [1.29, 1.82) is 0 Å². The Morgan fingerprint density at radius 2 is 2.50 bits per heavy atom. The van der Waals surface area contributed by atoms with Crippen LogP contribution < -0.4 is 10.5 Å². The van der Waals surface area contributed by atoms with Crippen molar-refractivity contribution >= 4 is 0 Å². The molecule has 0 aromatic carbocycles. The molecule has 0 fully saturated rings. The van der Waals surface area contributed by atoms with Crippen LogP contribution in [-0.2, 0) is 13.6 Å². The van der Waals surface area contributed by atoms with Crippen LogP contribution >= 0.6 is 0 Å². The molecule has 1 aromatic heterocycles. The first-order valence-corrected chi connectivity index (χ1v) is 3.04. The van der Waals surface area contributed by atoms with E-state index < -0.39 is 0 Å². The Balaban J connectivity index is 2.96. The summed E-state index contributed by atoms with van der Waals surface area (Å²) in [7, 11) is 3.42. The fourth-order valence-electron chi connectivity index (χ4n) is 0.829. The molecule has 1 heterocycles. The fraction of sp³-hybridized carbons (Fsp3) is 0.500. The molecule has 0 atom stereocenters. The van der Waals surface area contributed by atoms with Crippen LogP contribution in [0.1, 0.15) is 5.56 Å². The van der Waals surface area contributed by atoms with Gasteiger partial charge < -0.3 is 10.5 Å². The summed E-state index contributed by atoms with van der Waals surface area (Å²) in [5.41, 5.74) is 6.34. The summed E-state index contributed by atoms with van der Waals surface area (Å²) in [6.45, 7) is 0.469. The van der Waals surface area contributed by atoms with Crippen molar-refractivity contribution in [2.75, 3.05) is 7.11 Å². The van der Waals surface area contributed by atoms with Gasteiger partial charge in [-0.05, 0) is 0 Å². The highest BCUT2D eigenvalue weighted by Gasteiger charge is 2.03. The second-order valence-corrected chi connectivity index (χ2v) is 2.04. The molecule has 2 N–H and O–H groups in total. The van der Waals surface area contributed by atoms with Crippen LogP contribution in [0.2, 0.25) is 0 Å². The van der Waals surface area contributed by atoms with Gasteiger partial charge in [0, 0.05) is 25.4 Å². The number of hydrogen-bond acceptors (Lipinski definition) is 3. The van der Waals surface area contributed by atoms with E-state index in [2.05, 4.69) is 5.10 Å². The van der Waals surface area contributed by atoms with Gasteiger partial charge in [-0.25, -0.2) is 0 Å². The van der Waals surface area contributed by atoms with Crippen LogP contribution in [-0.4, -0.2) is 16.9 Å². The summed E-state index contributed by atoms with van der Waals surface area (Å²) < 4.78 is 6.63. The largest absolute Gasteiger partial charge is 0.480 e. The normalized spacial score (nSPS) is 9.90. The lowest BCUT2D eigenvalue weighted by Crippen LogP contribution is -1.96. The van der Waals surface area contributed by atoms with Crippen molar-refractivity contribution < 1.29 is 4.74 Å². The van der Waals surface area contributed by atoms with Gasteiger partial charge in [0.05, 0.1) is 7.11 Å². The smallest absolute Gasteiger partial charge is 0.237 e. The predicted octanol–water partition coefficient (Wildman–Crippen LogP) is -0.113. The summed E-state index contributed by atoms with van der Waals surface area (Å²) in [6.07, 6.45) is 1.85. The Kier molecular flexibility index (Phi) is 1.91. The van der Waals surface area contributed by atoms with Crippen LogP contribution in [0.25, 0.3) is 0 Å². The number of nitrogens with zero attached hydrogens (tertiary/aromatic N) is 2. The van der Waals surface area contributed by atoms with Crippen molar-refractivity contribution in [1.82, 2.24) is 9.78 Å². The minimum Gasteiger partial charge on any atom is -0.480 e. The molecule has 0 saturated carbocycles. The molecule has 0 amide bonds. The molecule has 0 saturated heterocycles. The highest BCUT2D eigenvalue weighted by atomic mass is 16.5. The maximum absolute atomic E-state index is 5.41. The molecular formula is C6H11N3O. The number of hydrogen-bond donors (Lipinski definition) is 1. The SMILES string of the molecule is COc1nn(C)cc1CN. The Bertz CT molecular complexity index is 197. The van der Waals surface area contributed by atoms with E-state index in [-0.39, 0.29) is 0 Å². The van der Waals surface area contributed by atoms with E-state index in [1.807, 2.05) is 13.2 Å². The molecule has 0 aliphatic heterocycles. The van der Waals surface area contributed by atoms with E-state index in [0.29, 0.717) is 12.4 Å². The van der Waals surface area contributed by atoms with E-state index in [4.69, 9.17) is 10.5 Å². The highest BCUT2D eigenvalue weighted by Crippen LogP contribution is 2.12. The van der Waals surface area contributed by atoms with Gasteiger partial charge in [0.25, 0.3) is 0 Å². The number of aryl methyl sites for hydroxylation is 1. The van der Waals surface area contributed by atoms with Gasteiger partial charge >= 0.3 is 0 Å². The van der Waals surface area contributed by atoms with Crippen LogP contribution in [0.5, 0.6) is 5.88 Å². The average molecular weight is 141 g/mol. The van der Waals surface area contributed by atoms with Gasteiger partial charge in [0.15, 0.2) is 0 Å². The lowest BCUT2D eigenvalue weighted by Gasteiger charge is -1.93. The highest BCUT2D eigenvalue weighted by molar-refractivity contribution is 5.22. The number of rotatable bonds is 2. The molecule has 0 aliphatic rings. The minimum atomic E-state index is 0.469. The van der Waals surface area contributed by atoms with Crippen LogP contribution in [0.3, 0.4) is 0 Å². The Morgan fingerprint density at radius 3 is 2.90 bits per heavy atom. The van der Waals surface area contributed by atoms with Gasteiger partial charge in [-0.1, -0.05) is 0 Å². The summed E-state index contributed by atoms with van der Waals surface area (Å²) in [6, 6.07) is 0. The number of ether oxygens (including phenoxy) is 1. The van der Waals surface area contributed by atoms with Crippen LogP contribution in [0, 0.1) is 0 Å². The lowest BCUT2D eigenvalue weighted by atomic mass is 10.3. The summed E-state index contributed by atoms with van der Waals surface area (Å²) in [5.74, 6) is 0.616. The molecule has 0 spiro atoms. The number of nitrogens with two attached hydrogens (primary N) is 1. The lowest BCUT2D eigenvalue weighted by molar-refractivity contribution is 0.388. The maximum atomic E-state index is 5.41. The van der Waals surface area contributed by atoms with Gasteiger partial charge in [0.2, 0.25) is 5.88 Å². The van der Waals surface area contributed by atoms with Crippen molar-refractivity contribution in [3.05, 3.63) is 11.8 Å². The first-order valence-electron chi connectivity index (χ1n) is 3.04. The number of methoxy groups -OCH3 is 1. The van der Waals surface area contributed by atoms with Crippen molar-refractivity contribution in [3.8, 4) is 5.88 Å². The van der Waals surface area contributed by atoms with E-state index in [1.165, 1.54) is 0 Å². The van der Waals surface area contributed by atoms with E-state index in [1.54, 1.807) is 11.8 Å². The second-order valence-electron chi connectivity index (χ2n) is 2.04. The monoisotopic (exact) mass is 141 g/mol. The van der Waals surface area contributed by atoms with E-state index in [0.717, 1.165) is 5.56 Å². The fourth-order valence-corrected chi connectivity index (χ4v) is 0.829. The maximum Gasteiger partial charge on any atom is 0.237 e. The van der Waals surface area contributed by atoms with Crippen molar-refractivity contribution in [2.45, 2.75) is 6.54 Å². The number of aromatic nitrogens is 2. The Morgan fingerprint density at radius 1 is 1.80 bits per heavy atom. The summed E-state index contributed by atoms with van der Waals surface area (Å²) >= 11 is 0. The molecule has 0 bridgehead atoms. The first kappa shape index (κ1) is 7.08. The molecule has 56 valence electrons. The molecule has 0 aliphatic carbocycles. The third kappa shape index (κ3) is 1.11. The zero-order chi connectivity index (χ0) is 7.56. The molecule has 10 heavy (non-hydrogen) atoms. The molecular weight excluding hydrogens is 130 g/mol. The molecule has 1 aromatic rings. The van der Waals surface area contributed by atoms with Crippen LogP contribution in [0.15, 0.2) is 6.20 Å². The topological polar surface area (TPSA) is 53.1 Å². The Labute approximate surface area is 59.6 Å². The molecule has 4 nitrogen and oxygen atoms in total. The van der Waals surface area contributed by atoms with Gasteiger partial charge in [0.1, 0.15) is 0 Å². The van der Waals surface area contributed by atoms with Crippen molar-refractivity contribution in [2.24, 2.45) is 12.8 Å². The predicted molar refractivity (Wildman–Crippen MR) is 37.7 cm³/mol. The van der Waals surface area contributed by atoms with E-state index in [9.17, 15) is 0 Å². The third-order valence-electron chi connectivity index (χ3n) is 1.28. The molecule has 0 unspecified atom stereocenters. The van der Waals surface area contributed by atoms with Crippen LogP contribution in [0.4, 0.5) is 0 Å². The second kappa shape index (κ2) is 2.70. The van der Waals surface area contributed by atoms with Gasteiger partial charge in [-0.2, -0.15) is 0 Å². The van der Waals surface area contributed by atoms with E-state index >= 15 is 0 Å².